The zero-order chi connectivity index (χ0) is 11.8. The minimum Gasteiger partial charge on any atom is -0.426 e. The Bertz CT molecular complexity index is 673. The lowest BCUT2D eigenvalue weighted by Crippen LogP contribution is -1.84. The molecule has 5 nitrogen and oxygen atoms in total. The number of aromatic amines is 1. The fraction of sp³-hybridized carbons (Fsp3) is 0.0909. The molecule has 6 heteroatoms. The first-order valence-corrected chi connectivity index (χ1v) is 5.91. The Labute approximate surface area is 111 Å². The van der Waals surface area contributed by atoms with Gasteiger partial charge >= 0.3 is 0 Å². The molecule has 1 N–H and O–H groups in total. The lowest BCUT2D eigenvalue weighted by Gasteiger charge is -1.97. The van der Waals surface area contributed by atoms with E-state index in [0.29, 0.717) is 0 Å². The van der Waals surface area contributed by atoms with Crippen LogP contribution in [-0.2, 0) is 7.05 Å². The maximum Gasteiger partial charge on any atom is 0.192 e. The number of rotatable bonds is 2. The normalized spacial score (nSPS) is 10.9. The Morgan fingerprint density at radius 2 is 2.29 bits per heavy atom. The van der Waals surface area contributed by atoms with E-state index in [4.69, 9.17) is 3.07 Å². The first kappa shape index (κ1) is 10.6. The predicted molar refractivity (Wildman–Crippen MR) is 72.9 cm³/mol. The van der Waals surface area contributed by atoms with E-state index in [-0.39, 0.29) is 0 Å². The van der Waals surface area contributed by atoms with E-state index in [2.05, 4.69) is 15.1 Å². The Balaban J connectivity index is 2.22. The summed E-state index contributed by atoms with van der Waals surface area (Å²) < 4.78 is 6.94. The summed E-state index contributed by atoms with van der Waals surface area (Å²) in [6.07, 6.45) is 7.43. The zero-order valence-electron chi connectivity index (χ0n) is 9.01. The van der Waals surface area contributed by atoms with Crippen molar-refractivity contribution in [1.29, 1.82) is 0 Å². The van der Waals surface area contributed by atoms with Gasteiger partial charge in [-0.15, -0.1) is 0 Å². The van der Waals surface area contributed by atoms with Crippen LogP contribution in [0.5, 0.6) is 5.75 Å². The van der Waals surface area contributed by atoms with Crippen LogP contribution in [-0.4, -0.2) is 19.7 Å². The second-order valence-electron chi connectivity index (χ2n) is 3.75. The summed E-state index contributed by atoms with van der Waals surface area (Å²) in [5.74, 6) is 0.739. The van der Waals surface area contributed by atoms with Crippen molar-refractivity contribution in [3.05, 3.63) is 30.9 Å². The fourth-order valence-electron chi connectivity index (χ4n) is 1.83. The maximum atomic E-state index is 5.16. The van der Waals surface area contributed by atoms with Crippen molar-refractivity contribution in [2.24, 2.45) is 7.05 Å². The van der Waals surface area contributed by atoms with Crippen LogP contribution in [0.1, 0.15) is 0 Å². The number of hydrogen-bond acceptors (Lipinski definition) is 3. The van der Waals surface area contributed by atoms with Crippen LogP contribution >= 0.6 is 23.0 Å². The van der Waals surface area contributed by atoms with Gasteiger partial charge in [0.1, 0.15) is 5.65 Å². The number of fused-ring (bicyclic) bond motifs is 1. The highest BCUT2D eigenvalue weighted by atomic mass is 127. The van der Waals surface area contributed by atoms with Crippen LogP contribution in [0.2, 0.25) is 0 Å². The van der Waals surface area contributed by atoms with E-state index in [1.165, 1.54) is 0 Å². The van der Waals surface area contributed by atoms with E-state index in [1.54, 1.807) is 10.9 Å². The smallest absolute Gasteiger partial charge is 0.192 e. The monoisotopic (exact) mass is 340 g/mol. The number of aromatic nitrogens is 4. The lowest BCUT2D eigenvalue weighted by molar-refractivity contribution is 0.714. The molecule has 0 aliphatic heterocycles. The molecule has 86 valence electrons. The maximum absolute atomic E-state index is 5.16. The highest BCUT2D eigenvalue weighted by Gasteiger charge is 2.09. The molecule has 3 heterocycles. The van der Waals surface area contributed by atoms with Crippen molar-refractivity contribution >= 4 is 34.0 Å². The van der Waals surface area contributed by atoms with E-state index in [0.717, 1.165) is 27.9 Å². The lowest BCUT2D eigenvalue weighted by atomic mass is 10.1. The Morgan fingerprint density at radius 1 is 1.41 bits per heavy atom. The molecule has 0 saturated heterocycles. The van der Waals surface area contributed by atoms with E-state index >= 15 is 0 Å². The van der Waals surface area contributed by atoms with Crippen LogP contribution in [0.4, 0.5) is 0 Å². The number of pyridine rings is 1. The van der Waals surface area contributed by atoms with Crippen LogP contribution in [0.15, 0.2) is 30.9 Å². The first-order valence-electron chi connectivity index (χ1n) is 5.02. The molecule has 17 heavy (non-hydrogen) atoms. The fourth-order valence-corrected chi connectivity index (χ4v) is 2.07. The second-order valence-corrected chi connectivity index (χ2v) is 4.19. The molecule has 0 fully saturated rings. The number of nitrogens with zero attached hydrogens (tertiary/aromatic N) is 3. The minimum absolute atomic E-state index is 0.739. The molecule has 0 amide bonds. The Hall–Kier alpha value is -1.57. The van der Waals surface area contributed by atoms with Crippen LogP contribution < -0.4 is 3.07 Å². The summed E-state index contributed by atoms with van der Waals surface area (Å²) in [6, 6.07) is 1.97. The van der Waals surface area contributed by atoms with Gasteiger partial charge in [0.05, 0.1) is 12.4 Å². The van der Waals surface area contributed by atoms with Crippen molar-refractivity contribution in [3.8, 4) is 16.9 Å². The van der Waals surface area contributed by atoms with E-state index < -0.39 is 0 Å². The second kappa shape index (κ2) is 4.02. The average Bonchev–Trinajstić information content (AvgIpc) is 2.93. The molecule has 3 rings (SSSR count). The minimum atomic E-state index is 0.739. The molecule has 0 spiro atoms. The van der Waals surface area contributed by atoms with Crippen LogP contribution in [0.3, 0.4) is 0 Å². The van der Waals surface area contributed by atoms with Crippen molar-refractivity contribution in [2.75, 3.05) is 0 Å². The van der Waals surface area contributed by atoms with Crippen molar-refractivity contribution in [3.63, 3.8) is 0 Å². The van der Waals surface area contributed by atoms with Crippen molar-refractivity contribution in [1.82, 2.24) is 19.7 Å². The molecule has 0 unspecified atom stereocenters. The van der Waals surface area contributed by atoms with Crippen molar-refractivity contribution < 1.29 is 3.07 Å². The zero-order valence-corrected chi connectivity index (χ0v) is 11.2. The summed E-state index contributed by atoms with van der Waals surface area (Å²) >= 11 is 1.85. The summed E-state index contributed by atoms with van der Waals surface area (Å²) in [5, 5.41) is 5.21. The molecule has 0 aromatic carbocycles. The molecule has 0 radical (unpaired) electrons. The first-order chi connectivity index (χ1) is 8.28. The molecule has 0 saturated carbocycles. The molecule has 3 aromatic heterocycles. The standard InChI is InChI=1S/C11H9IN4O/c1-16-6-7(3-15-16)10-5-14-11-9(10)2-8(17-12)4-13-11/h2-6H,1H3,(H,13,14). The van der Waals surface area contributed by atoms with Gasteiger partial charge in [0.15, 0.2) is 28.8 Å². The largest absolute Gasteiger partial charge is 0.426 e. The molecule has 0 aliphatic carbocycles. The third kappa shape index (κ3) is 1.78. The number of nitrogens with one attached hydrogen (secondary N) is 1. The summed E-state index contributed by atoms with van der Waals surface area (Å²) in [5.41, 5.74) is 2.99. The molecule has 0 atom stereocenters. The Kier molecular flexibility index (Phi) is 2.50. The van der Waals surface area contributed by atoms with Gasteiger partial charge in [-0.25, -0.2) is 4.98 Å². The highest BCUT2D eigenvalue weighted by molar-refractivity contribution is 14.1. The average molecular weight is 340 g/mol. The predicted octanol–water partition coefficient (Wildman–Crippen LogP) is 2.69. The third-order valence-electron chi connectivity index (χ3n) is 2.61. The third-order valence-corrected chi connectivity index (χ3v) is 3.12. The van der Waals surface area contributed by atoms with Crippen LogP contribution in [0, 0.1) is 0 Å². The van der Waals surface area contributed by atoms with E-state index in [9.17, 15) is 0 Å². The summed E-state index contributed by atoms with van der Waals surface area (Å²) in [4.78, 5) is 7.43. The van der Waals surface area contributed by atoms with Gasteiger partial charge in [0.25, 0.3) is 0 Å². The number of aryl methyl sites for hydroxylation is 1. The van der Waals surface area contributed by atoms with Gasteiger partial charge in [0.2, 0.25) is 0 Å². The Morgan fingerprint density at radius 3 is 3.00 bits per heavy atom. The molecule has 3 aromatic rings. The van der Waals surface area contributed by atoms with Gasteiger partial charge in [-0.1, -0.05) is 0 Å². The quantitative estimate of drug-likeness (QED) is 0.730. The topological polar surface area (TPSA) is 55.7 Å². The van der Waals surface area contributed by atoms with Crippen molar-refractivity contribution in [2.45, 2.75) is 0 Å². The highest BCUT2D eigenvalue weighted by Crippen LogP contribution is 2.29. The summed E-state index contributed by atoms with van der Waals surface area (Å²) in [6.45, 7) is 0. The summed E-state index contributed by atoms with van der Waals surface area (Å²) in [7, 11) is 1.90. The van der Waals surface area contributed by atoms with Gasteiger partial charge in [-0.05, 0) is 6.07 Å². The van der Waals surface area contributed by atoms with Gasteiger partial charge in [-0.3, -0.25) is 4.68 Å². The SMILES string of the molecule is Cn1cc(-c2c[nH]c3ncc(OI)cc23)cn1. The molecule has 0 bridgehead atoms. The molecular weight excluding hydrogens is 331 g/mol. The van der Waals surface area contributed by atoms with Gasteiger partial charge < -0.3 is 8.05 Å². The number of H-pyrrole nitrogens is 1. The van der Waals surface area contributed by atoms with E-state index in [1.807, 2.05) is 54.7 Å². The number of halogens is 1. The van der Waals surface area contributed by atoms with Gasteiger partial charge in [0, 0.05) is 36.0 Å². The van der Waals surface area contributed by atoms with Crippen LogP contribution in [0.25, 0.3) is 22.2 Å². The van der Waals surface area contributed by atoms with Gasteiger partial charge in [-0.2, -0.15) is 5.10 Å². The number of hydrogen-bond donors (Lipinski definition) is 1. The molecular formula is C11H9IN4O. The molecule has 0 aliphatic rings.